The molecule has 0 unspecified atom stereocenters. The Morgan fingerprint density at radius 2 is 1.91 bits per heavy atom. The highest BCUT2D eigenvalue weighted by Crippen LogP contribution is 2.28. The van der Waals surface area contributed by atoms with Crippen molar-refractivity contribution in [1.29, 1.82) is 0 Å². The number of carbonyl (C=O) groups is 1. The number of methoxy groups -OCH3 is 1. The van der Waals surface area contributed by atoms with E-state index < -0.39 is 6.09 Å². The van der Waals surface area contributed by atoms with Gasteiger partial charge in [-0.3, -0.25) is 5.32 Å². The van der Waals surface area contributed by atoms with Gasteiger partial charge in [0.05, 0.1) is 12.3 Å². The number of carbonyl (C=O) groups excluding carboxylic acids is 1. The van der Waals surface area contributed by atoms with Gasteiger partial charge in [-0.25, -0.2) is 4.79 Å². The fourth-order valence-electron chi connectivity index (χ4n) is 1.83. The number of ether oxygens (including phenoxy) is 3. The van der Waals surface area contributed by atoms with Crippen LogP contribution < -0.4 is 10.1 Å². The van der Waals surface area contributed by atoms with E-state index in [0.717, 1.165) is 10.0 Å². The van der Waals surface area contributed by atoms with E-state index in [2.05, 4.69) is 21.2 Å². The van der Waals surface area contributed by atoms with E-state index >= 15 is 0 Å². The molecule has 0 aliphatic heterocycles. The van der Waals surface area contributed by atoms with Crippen molar-refractivity contribution in [2.24, 2.45) is 0 Å². The van der Waals surface area contributed by atoms with Crippen LogP contribution in [0.1, 0.15) is 5.56 Å². The zero-order valence-electron chi connectivity index (χ0n) is 12.8. The molecule has 2 aromatic rings. The summed E-state index contributed by atoms with van der Waals surface area (Å²) in [5.41, 5.74) is 1.46. The molecule has 0 atom stereocenters. The van der Waals surface area contributed by atoms with Gasteiger partial charge in [0.15, 0.2) is 0 Å². The van der Waals surface area contributed by atoms with Gasteiger partial charge in [0, 0.05) is 11.6 Å². The normalized spacial score (nSPS) is 10.2. The Hall–Kier alpha value is -2.05. The van der Waals surface area contributed by atoms with Crippen molar-refractivity contribution >= 4 is 27.7 Å². The molecule has 122 valence electrons. The minimum absolute atomic E-state index is 0.209. The predicted molar refractivity (Wildman–Crippen MR) is 91.8 cm³/mol. The second kappa shape index (κ2) is 9.17. The van der Waals surface area contributed by atoms with Crippen LogP contribution in [0.15, 0.2) is 53.0 Å². The molecule has 0 fully saturated rings. The maximum atomic E-state index is 12.0. The van der Waals surface area contributed by atoms with Crippen LogP contribution in [0.4, 0.5) is 10.5 Å². The maximum Gasteiger partial charge on any atom is 0.412 e. The minimum Gasteiger partial charge on any atom is -0.489 e. The van der Waals surface area contributed by atoms with Crippen molar-refractivity contribution in [2.75, 3.05) is 25.6 Å². The largest absolute Gasteiger partial charge is 0.489 e. The summed E-state index contributed by atoms with van der Waals surface area (Å²) in [7, 11) is 1.60. The summed E-state index contributed by atoms with van der Waals surface area (Å²) in [6, 6.07) is 14.9. The van der Waals surface area contributed by atoms with Crippen molar-refractivity contribution < 1.29 is 19.0 Å². The first-order valence-corrected chi connectivity index (χ1v) is 7.87. The summed E-state index contributed by atoms with van der Waals surface area (Å²) < 4.78 is 16.6. The fourth-order valence-corrected chi connectivity index (χ4v) is 2.19. The smallest absolute Gasteiger partial charge is 0.412 e. The van der Waals surface area contributed by atoms with Gasteiger partial charge >= 0.3 is 6.09 Å². The molecule has 6 heteroatoms. The van der Waals surface area contributed by atoms with Gasteiger partial charge in [0.25, 0.3) is 0 Å². The number of benzene rings is 2. The Bertz CT molecular complexity index is 634. The van der Waals surface area contributed by atoms with E-state index in [-0.39, 0.29) is 6.61 Å². The predicted octanol–water partition coefficient (Wildman–Crippen LogP) is 4.22. The monoisotopic (exact) mass is 379 g/mol. The molecular formula is C17H18BrNO4. The molecular weight excluding hydrogens is 362 g/mol. The standard InChI is InChI=1S/C17H18BrNO4/c1-21-9-10-22-16-8-7-14(18)11-15(16)19-17(20)23-12-13-5-3-2-4-6-13/h2-8,11H,9-10,12H2,1H3,(H,19,20). The fraction of sp³-hybridized carbons (Fsp3) is 0.235. The van der Waals surface area contributed by atoms with Crippen LogP contribution in [0.3, 0.4) is 0 Å². The topological polar surface area (TPSA) is 56.8 Å². The highest BCUT2D eigenvalue weighted by Gasteiger charge is 2.10. The quantitative estimate of drug-likeness (QED) is 0.731. The highest BCUT2D eigenvalue weighted by atomic mass is 79.9. The number of hydrogen-bond donors (Lipinski definition) is 1. The lowest BCUT2D eigenvalue weighted by molar-refractivity contribution is 0.146. The van der Waals surface area contributed by atoms with Crippen molar-refractivity contribution in [1.82, 2.24) is 0 Å². The molecule has 1 N–H and O–H groups in total. The molecule has 0 spiro atoms. The Balaban J connectivity index is 1.94. The van der Waals surface area contributed by atoms with Crippen molar-refractivity contribution in [2.45, 2.75) is 6.61 Å². The van der Waals surface area contributed by atoms with Crippen LogP contribution in [0.25, 0.3) is 0 Å². The molecule has 0 aromatic heterocycles. The molecule has 0 aliphatic rings. The van der Waals surface area contributed by atoms with Crippen LogP contribution in [-0.4, -0.2) is 26.4 Å². The number of anilines is 1. The highest BCUT2D eigenvalue weighted by molar-refractivity contribution is 9.10. The molecule has 23 heavy (non-hydrogen) atoms. The number of rotatable bonds is 7. The van der Waals surface area contributed by atoms with Gasteiger partial charge in [0.2, 0.25) is 0 Å². The summed E-state index contributed by atoms with van der Waals surface area (Å²) in [4.78, 5) is 12.0. The third-order valence-corrected chi connectivity index (χ3v) is 3.43. The average Bonchev–Trinajstić information content (AvgIpc) is 2.56. The van der Waals surface area contributed by atoms with E-state index in [4.69, 9.17) is 14.2 Å². The summed E-state index contributed by atoms with van der Waals surface area (Å²) in [6.45, 7) is 1.07. The van der Waals surface area contributed by atoms with Gasteiger partial charge in [0.1, 0.15) is 19.0 Å². The number of amides is 1. The maximum absolute atomic E-state index is 12.0. The average molecular weight is 380 g/mol. The Morgan fingerprint density at radius 1 is 1.13 bits per heavy atom. The minimum atomic E-state index is -0.538. The third-order valence-electron chi connectivity index (χ3n) is 2.94. The SMILES string of the molecule is COCCOc1ccc(Br)cc1NC(=O)OCc1ccccc1. The molecule has 2 rings (SSSR count). The zero-order valence-corrected chi connectivity index (χ0v) is 14.3. The number of nitrogens with one attached hydrogen (secondary N) is 1. The molecule has 0 aliphatic carbocycles. The number of halogens is 1. The summed E-state index contributed by atoms with van der Waals surface area (Å²) in [5, 5.41) is 2.69. The van der Waals surface area contributed by atoms with Gasteiger partial charge in [-0.1, -0.05) is 46.3 Å². The molecule has 0 heterocycles. The van der Waals surface area contributed by atoms with Crippen molar-refractivity contribution in [3.63, 3.8) is 0 Å². The first kappa shape index (κ1) is 17.3. The van der Waals surface area contributed by atoms with E-state index in [1.54, 1.807) is 19.2 Å². The third kappa shape index (κ3) is 5.92. The Kier molecular flexibility index (Phi) is 6.90. The van der Waals surface area contributed by atoms with Crippen LogP contribution in [0.2, 0.25) is 0 Å². The van der Waals surface area contributed by atoms with E-state index in [9.17, 15) is 4.79 Å². The molecule has 1 amide bonds. The van der Waals surface area contributed by atoms with Crippen LogP contribution in [0, 0.1) is 0 Å². The zero-order chi connectivity index (χ0) is 16.5. The molecule has 0 saturated carbocycles. The van der Waals surface area contributed by atoms with Crippen molar-refractivity contribution in [3.05, 3.63) is 58.6 Å². The first-order chi connectivity index (χ1) is 11.2. The van der Waals surface area contributed by atoms with Crippen LogP contribution in [0.5, 0.6) is 5.75 Å². The summed E-state index contributed by atoms with van der Waals surface area (Å²) in [5.74, 6) is 0.557. The van der Waals surface area contributed by atoms with Crippen LogP contribution >= 0.6 is 15.9 Å². The van der Waals surface area contributed by atoms with E-state index in [1.807, 2.05) is 36.4 Å². The van der Waals surface area contributed by atoms with Crippen LogP contribution in [-0.2, 0) is 16.1 Å². The molecule has 0 bridgehead atoms. The van der Waals surface area contributed by atoms with Crippen molar-refractivity contribution in [3.8, 4) is 5.75 Å². The lowest BCUT2D eigenvalue weighted by Gasteiger charge is -2.13. The summed E-state index contributed by atoms with van der Waals surface area (Å²) in [6.07, 6.45) is -0.538. The van der Waals surface area contributed by atoms with Gasteiger partial charge in [-0.15, -0.1) is 0 Å². The number of hydrogen-bond acceptors (Lipinski definition) is 4. The molecule has 2 aromatic carbocycles. The van der Waals surface area contributed by atoms with Gasteiger partial charge in [-0.2, -0.15) is 0 Å². The summed E-state index contributed by atoms with van der Waals surface area (Å²) >= 11 is 3.37. The molecule has 0 radical (unpaired) electrons. The lowest BCUT2D eigenvalue weighted by Crippen LogP contribution is -2.15. The first-order valence-electron chi connectivity index (χ1n) is 7.08. The lowest BCUT2D eigenvalue weighted by atomic mass is 10.2. The van der Waals surface area contributed by atoms with Gasteiger partial charge < -0.3 is 14.2 Å². The molecule has 0 saturated heterocycles. The Morgan fingerprint density at radius 3 is 2.65 bits per heavy atom. The second-order valence-corrected chi connectivity index (χ2v) is 5.58. The van der Waals surface area contributed by atoms with E-state index in [0.29, 0.717) is 24.7 Å². The van der Waals surface area contributed by atoms with Gasteiger partial charge in [-0.05, 0) is 23.8 Å². The second-order valence-electron chi connectivity index (χ2n) is 4.67. The molecule has 5 nitrogen and oxygen atoms in total. The Labute approximate surface area is 143 Å². The van der Waals surface area contributed by atoms with E-state index in [1.165, 1.54) is 0 Å².